The monoisotopic (exact) mass is 335 g/mol. The largest absolute Gasteiger partial charge is 0.316 e. The van der Waals surface area contributed by atoms with Crippen LogP contribution in [0.25, 0.3) is 0 Å². The van der Waals surface area contributed by atoms with E-state index in [-0.39, 0.29) is 24.5 Å². The minimum Gasteiger partial charge on any atom is -0.316 e. The topological polar surface area (TPSA) is 52.7 Å². The smallest absolute Gasteiger partial charge is 0.282 e. The third-order valence-electron chi connectivity index (χ3n) is 6.05. The molecule has 0 aromatic heterocycles. The maximum Gasteiger partial charge on any atom is 0.282 e. The van der Waals surface area contributed by atoms with Crippen LogP contribution in [0.4, 0.5) is 0 Å². The van der Waals surface area contributed by atoms with E-state index in [1.54, 1.807) is 4.31 Å². The number of hydrogen-bond acceptors (Lipinski definition) is 3. The van der Waals surface area contributed by atoms with Crippen molar-refractivity contribution in [1.29, 1.82) is 0 Å². The maximum atomic E-state index is 13.0. The maximum absolute atomic E-state index is 13.0. The van der Waals surface area contributed by atoms with Crippen LogP contribution in [0.15, 0.2) is 0 Å². The molecular weight excluding hydrogens is 310 g/mol. The van der Waals surface area contributed by atoms with Gasteiger partial charge >= 0.3 is 0 Å². The molecule has 0 radical (unpaired) electrons. The quantitative estimate of drug-likeness (QED) is 0.821. The van der Waals surface area contributed by atoms with Gasteiger partial charge in [-0.2, -0.15) is 17.0 Å². The number of piperidine rings is 1. The van der Waals surface area contributed by atoms with E-state index in [2.05, 4.69) is 12.2 Å². The van der Waals surface area contributed by atoms with Crippen molar-refractivity contribution in [2.24, 2.45) is 17.8 Å². The summed E-state index contributed by atoms with van der Waals surface area (Å²) in [5, 5.41) is 3.45. The van der Waals surface area contributed by atoms with Crippen molar-refractivity contribution in [2.75, 3.05) is 26.2 Å². The van der Waals surface area contributed by atoms with E-state index in [4.69, 9.17) is 0 Å². The van der Waals surface area contributed by atoms with Crippen LogP contribution in [0.1, 0.15) is 32.6 Å². The number of halogens is 1. The number of rotatable bonds is 2. The lowest BCUT2D eigenvalue weighted by molar-refractivity contribution is 0.253. The second kappa shape index (κ2) is 5.64. The van der Waals surface area contributed by atoms with Gasteiger partial charge in [-0.25, -0.2) is 0 Å². The molecule has 4 saturated heterocycles. The highest BCUT2D eigenvalue weighted by molar-refractivity contribution is 7.86. The molecule has 5 nitrogen and oxygen atoms in total. The molecule has 1 N–H and O–H groups in total. The number of nitrogens with zero attached hydrogens (tertiary/aromatic N) is 2. The van der Waals surface area contributed by atoms with E-state index in [0.717, 1.165) is 38.8 Å². The molecule has 21 heavy (non-hydrogen) atoms. The number of fused-ring (bicyclic) bond motifs is 5. The summed E-state index contributed by atoms with van der Waals surface area (Å²) in [4.78, 5) is 0. The first-order chi connectivity index (χ1) is 9.59. The van der Waals surface area contributed by atoms with E-state index >= 15 is 0 Å². The van der Waals surface area contributed by atoms with Crippen molar-refractivity contribution in [3.63, 3.8) is 0 Å². The lowest BCUT2D eigenvalue weighted by Gasteiger charge is -2.35. The van der Waals surface area contributed by atoms with Crippen LogP contribution in [-0.4, -0.2) is 55.3 Å². The Morgan fingerprint density at radius 2 is 1.48 bits per heavy atom. The third-order valence-corrected chi connectivity index (χ3v) is 8.14. The molecule has 4 fully saturated rings. The Labute approximate surface area is 134 Å². The molecule has 0 aromatic carbocycles. The second-order valence-electron chi connectivity index (χ2n) is 7.12. The average Bonchev–Trinajstić information content (AvgIpc) is 3.11. The molecule has 7 heteroatoms. The molecule has 0 amide bonds. The zero-order valence-electron chi connectivity index (χ0n) is 12.6. The van der Waals surface area contributed by atoms with Crippen LogP contribution in [0, 0.1) is 17.8 Å². The van der Waals surface area contributed by atoms with Gasteiger partial charge in [0.05, 0.1) is 0 Å². The summed E-state index contributed by atoms with van der Waals surface area (Å²) >= 11 is 0. The number of nitrogens with one attached hydrogen (secondary N) is 1. The summed E-state index contributed by atoms with van der Waals surface area (Å²) in [5.41, 5.74) is 0. The van der Waals surface area contributed by atoms with Gasteiger partial charge in [0.25, 0.3) is 10.2 Å². The first-order valence-electron chi connectivity index (χ1n) is 8.08. The summed E-state index contributed by atoms with van der Waals surface area (Å²) in [6.45, 7) is 5.67. The highest BCUT2D eigenvalue weighted by Crippen LogP contribution is 2.49. The zero-order valence-corrected chi connectivity index (χ0v) is 14.2. The Bertz CT molecular complexity index is 474. The van der Waals surface area contributed by atoms with Gasteiger partial charge in [-0.05, 0) is 56.5 Å². The van der Waals surface area contributed by atoms with E-state index in [0.29, 0.717) is 30.8 Å². The molecule has 4 aliphatic rings. The normalized spacial score (nSPS) is 41.2. The summed E-state index contributed by atoms with van der Waals surface area (Å²) in [6, 6.07) is 0.536. The van der Waals surface area contributed by atoms with Crippen LogP contribution < -0.4 is 5.32 Å². The van der Waals surface area contributed by atoms with Crippen molar-refractivity contribution in [1.82, 2.24) is 13.9 Å². The van der Waals surface area contributed by atoms with Gasteiger partial charge in [-0.3, -0.25) is 0 Å². The Morgan fingerprint density at radius 3 is 2.00 bits per heavy atom. The zero-order chi connectivity index (χ0) is 13.9. The predicted molar refractivity (Wildman–Crippen MR) is 84.6 cm³/mol. The van der Waals surface area contributed by atoms with Gasteiger partial charge in [-0.15, -0.1) is 12.4 Å². The second-order valence-corrected chi connectivity index (χ2v) is 8.95. The predicted octanol–water partition coefficient (Wildman–Crippen LogP) is 1.07. The van der Waals surface area contributed by atoms with E-state index in [1.807, 2.05) is 4.31 Å². The van der Waals surface area contributed by atoms with Gasteiger partial charge in [0, 0.05) is 25.2 Å². The van der Waals surface area contributed by atoms with Crippen molar-refractivity contribution in [2.45, 2.75) is 44.7 Å². The van der Waals surface area contributed by atoms with Crippen LogP contribution >= 0.6 is 12.4 Å². The Balaban J connectivity index is 0.00000132. The van der Waals surface area contributed by atoms with E-state index in [9.17, 15) is 8.42 Å². The molecule has 0 spiro atoms. The highest BCUT2D eigenvalue weighted by Gasteiger charge is 2.59. The highest BCUT2D eigenvalue weighted by atomic mass is 35.5. The molecule has 4 atom stereocenters. The molecule has 0 unspecified atom stereocenters. The van der Waals surface area contributed by atoms with Crippen LogP contribution in [0.5, 0.6) is 0 Å². The van der Waals surface area contributed by atoms with Crippen LogP contribution in [0.3, 0.4) is 0 Å². The Kier molecular flexibility index (Phi) is 4.29. The first kappa shape index (κ1) is 16.0. The fraction of sp³-hybridized carbons (Fsp3) is 1.00. The molecule has 4 heterocycles. The lowest BCUT2D eigenvalue weighted by atomic mass is 9.82. The van der Waals surface area contributed by atoms with Gasteiger partial charge < -0.3 is 5.32 Å². The minimum absolute atomic E-state index is 0. The van der Waals surface area contributed by atoms with Crippen LogP contribution in [-0.2, 0) is 10.2 Å². The fourth-order valence-corrected chi connectivity index (χ4v) is 7.05. The molecule has 0 aliphatic carbocycles. The SMILES string of the molecule is CC1CCN(S(=O)(=O)N2[C@@H]3CC[C@H]2[C@H]2CNC[C@H]23)CC1.Cl. The van der Waals surface area contributed by atoms with E-state index in [1.165, 1.54) is 0 Å². The standard InChI is InChI=1S/C14H25N3O2S.ClH/c1-10-4-6-16(7-5-10)20(18,19)17-13-2-3-14(17)12-9-15-8-11(12)13;/h10-15H,2-9H2,1H3;1H/t11-,12+,13-,14+;. The summed E-state index contributed by atoms with van der Waals surface area (Å²) in [6.07, 6.45) is 4.15. The van der Waals surface area contributed by atoms with E-state index < -0.39 is 10.2 Å². The van der Waals surface area contributed by atoms with Gasteiger partial charge in [0.2, 0.25) is 0 Å². The van der Waals surface area contributed by atoms with Gasteiger partial charge in [0.15, 0.2) is 0 Å². The molecule has 122 valence electrons. The summed E-state index contributed by atoms with van der Waals surface area (Å²) in [7, 11) is -3.22. The Morgan fingerprint density at radius 1 is 0.952 bits per heavy atom. The average molecular weight is 336 g/mol. The minimum atomic E-state index is -3.22. The summed E-state index contributed by atoms with van der Waals surface area (Å²) < 4.78 is 29.7. The lowest BCUT2D eigenvalue weighted by Crippen LogP contribution is -2.50. The molecule has 0 saturated carbocycles. The Hall–Kier alpha value is 0.120. The third kappa shape index (κ3) is 2.34. The molecule has 2 bridgehead atoms. The molecule has 0 aromatic rings. The van der Waals surface area contributed by atoms with Crippen LogP contribution in [0.2, 0.25) is 0 Å². The summed E-state index contributed by atoms with van der Waals surface area (Å²) in [5.74, 6) is 1.79. The molecule has 4 aliphatic heterocycles. The molecular formula is C14H26ClN3O2S. The van der Waals surface area contributed by atoms with Crippen molar-refractivity contribution >= 4 is 22.6 Å². The van der Waals surface area contributed by atoms with Gasteiger partial charge in [0.1, 0.15) is 0 Å². The first-order valence-corrected chi connectivity index (χ1v) is 9.48. The van der Waals surface area contributed by atoms with Gasteiger partial charge in [-0.1, -0.05) is 6.92 Å². The van der Waals surface area contributed by atoms with Crippen molar-refractivity contribution < 1.29 is 8.42 Å². The number of hydrogen-bond donors (Lipinski definition) is 1. The fourth-order valence-electron chi connectivity index (χ4n) is 4.90. The van der Waals surface area contributed by atoms with Crippen molar-refractivity contribution in [3.05, 3.63) is 0 Å². The molecule has 4 rings (SSSR count). The van der Waals surface area contributed by atoms with Crippen molar-refractivity contribution in [3.8, 4) is 0 Å².